The number of halogens is 3. The summed E-state index contributed by atoms with van der Waals surface area (Å²) >= 11 is 0. The van der Waals surface area contributed by atoms with Crippen molar-refractivity contribution in [2.75, 3.05) is 11.9 Å². The van der Waals surface area contributed by atoms with Crippen LogP contribution in [0.25, 0.3) is 0 Å². The van der Waals surface area contributed by atoms with Gasteiger partial charge in [0, 0.05) is 6.42 Å². The van der Waals surface area contributed by atoms with Crippen LogP contribution in [-0.2, 0) is 27.3 Å². The first kappa shape index (κ1) is 26.8. The molecule has 0 aromatic heterocycles. The molecule has 186 valence electrons. The summed E-state index contributed by atoms with van der Waals surface area (Å²) in [6.45, 7) is 5.34. The van der Waals surface area contributed by atoms with Crippen LogP contribution >= 0.6 is 0 Å². The van der Waals surface area contributed by atoms with Gasteiger partial charge in [-0.2, -0.15) is 0 Å². The van der Waals surface area contributed by atoms with Crippen molar-refractivity contribution in [3.05, 3.63) is 53.6 Å². The monoisotopic (exact) mass is 485 g/mol. The summed E-state index contributed by atoms with van der Waals surface area (Å²) in [7, 11) is 0. The second kappa shape index (κ2) is 12.1. The van der Waals surface area contributed by atoms with Gasteiger partial charge in [0.2, 0.25) is 0 Å². The lowest BCUT2D eigenvalue weighted by molar-refractivity contribution is -0.274. The van der Waals surface area contributed by atoms with E-state index in [9.17, 15) is 27.9 Å². The molecule has 0 saturated heterocycles. The Morgan fingerprint density at radius 1 is 1.06 bits per heavy atom. The molecule has 0 radical (unpaired) electrons. The van der Waals surface area contributed by atoms with Crippen LogP contribution in [0.15, 0.2) is 42.5 Å². The van der Waals surface area contributed by atoms with Crippen LogP contribution in [0.1, 0.15) is 31.9 Å². The van der Waals surface area contributed by atoms with Gasteiger partial charge in [-0.3, -0.25) is 5.32 Å². The summed E-state index contributed by atoms with van der Waals surface area (Å²) in [5.74, 6) is -1.14. The fourth-order valence-electron chi connectivity index (χ4n) is 2.90. The van der Waals surface area contributed by atoms with Gasteiger partial charge >= 0.3 is 18.4 Å². The maximum absolute atomic E-state index is 12.3. The van der Waals surface area contributed by atoms with E-state index in [2.05, 4.69) is 10.1 Å². The Morgan fingerprint density at radius 2 is 1.71 bits per heavy atom. The van der Waals surface area contributed by atoms with Gasteiger partial charge in [0.25, 0.3) is 0 Å². The number of ether oxygens (including phenoxy) is 4. The molecule has 0 spiro atoms. The Bertz CT molecular complexity index is 962. The number of carboxylic acid groups (broad SMARTS) is 1. The van der Waals surface area contributed by atoms with Gasteiger partial charge < -0.3 is 24.1 Å². The van der Waals surface area contributed by atoms with Gasteiger partial charge in [0.1, 0.15) is 18.1 Å². The molecule has 8 nitrogen and oxygen atoms in total. The third-order valence-corrected chi connectivity index (χ3v) is 4.24. The van der Waals surface area contributed by atoms with Crippen molar-refractivity contribution < 1.29 is 46.8 Å². The van der Waals surface area contributed by atoms with Crippen molar-refractivity contribution in [2.24, 2.45) is 0 Å². The van der Waals surface area contributed by atoms with Crippen molar-refractivity contribution in [1.29, 1.82) is 0 Å². The van der Waals surface area contributed by atoms with Crippen LogP contribution in [0.5, 0.6) is 11.5 Å². The first-order valence-corrected chi connectivity index (χ1v) is 10.4. The minimum Gasteiger partial charge on any atom is -0.492 e. The minimum absolute atomic E-state index is 0.0655. The molecule has 2 N–H and O–H groups in total. The third-order valence-electron chi connectivity index (χ3n) is 4.24. The van der Waals surface area contributed by atoms with E-state index in [1.54, 1.807) is 39.0 Å². The highest BCUT2D eigenvalue weighted by atomic mass is 19.4. The summed E-state index contributed by atoms with van der Waals surface area (Å²) in [6.07, 6.45) is -6.92. The Labute approximate surface area is 194 Å². The van der Waals surface area contributed by atoms with E-state index in [4.69, 9.17) is 14.2 Å². The lowest BCUT2D eigenvalue weighted by Gasteiger charge is -2.18. The predicted molar refractivity (Wildman–Crippen MR) is 116 cm³/mol. The highest BCUT2D eigenvalue weighted by molar-refractivity contribution is 5.87. The summed E-state index contributed by atoms with van der Waals surface area (Å²) in [5.41, 5.74) is 1.30. The fraction of sp³-hybridized carbons (Fsp3) is 0.391. The standard InChI is InChI=1S/C23H26F3NO7/c1-4-31-19-10-7-16(12-20(21(28)29)33-14(2)3)11-18(19)27-22(30)32-13-15-5-8-17(9-6-15)34-23(24,25)26/h5-11,14,20H,4,12-13H2,1-3H3,(H,27,30)(H,28,29). The highest BCUT2D eigenvalue weighted by Crippen LogP contribution is 2.28. The van der Waals surface area contributed by atoms with Crippen LogP contribution in [0.3, 0.4) is 0 Å². The highest BCUT2D eigenvalue weighted by Gasteiger charge is 2.31. The molecule has 0 saturated carbocycles. The van der Waals surface area contributed by atoms with Gasteiger partial charge in [-0.25, -0.2) is 9.59 Å². The third kappa shape index (κ3) is 9.18. The smallest absolute Gasteiger partial charge is 0.492 e. The SMILES string of the molecule is CCOc1ccc(CC(OC(C)C)C(=O)O)cc1NC(=O)OCc1ccc(OC(F)(F)F)cc1. The molecule has 2 rings (SSSR count). The number of hydrogen-bond acceptors (Lipinski definition) is 6. The van der Waals surface area contributed by atoms with Gasteiger partial charge in [0.05, 0.1) is 18.4 Å². The second-order valence-electron chi connectivity index (χ2n) is 7.37. The Morgan fingerprint density at radius 3 is 2.26 bits per heavy atom. The van der Waals surface area contributed by atoms with Crippen molar-refractivity contribution in [3.8, 4) is 11.5 Å². The summed E-state index contributed by atoms with van der Waals surface area (Å²) in [4.78, 5) is 23.8. The molecule has 1 amide bonds. The maximum Gasteiger partial charge on any atom is 0.573 e. The average molecular weight is 485 g/mol. The van der Waals surface area contributed by atoms with E-state index in [1.807, 2.05) is 0 Å². The van der Waals surface area contributed by atoms with Gasteiger partial charge in [0.15, 0.2) is 6.10 Å². The lowest BCUT2D eigenvalue weighted by Crippen LogP contribution is -2.29. The largest absolute Gasteiger partial charge is 0.573 e. The van der Waals surface area contributed by atoms with Crippen LogP contribution in [0.4, 0.5) is 23.7 Å². The van der Waals surface area contributed by atoms with Gasteiger partial charge in [-0.15, -0.1) is 13.2 Å². The number of carboxylic acids is 1. The van der Waals surface area contributed by atoms with Crippen molar-refractivity contribution in [3.63, 3.8) is 0 Å². The molecular weight excluding hydrogens is 459 g/mol. The summed E-state index contributed by atoms with van der Waals surface area (Å²) in [5, 5.41) is 11.9. The number of alkyl halides is 3. The van der Waals surface area contributed by atoms with Crippen LogP contribution in [0.2, 0.25) is 0 Å². The van der Waals surface area contributed by atoms with Crippen molar-refractivity contribution in [2.45, 2.75) is 52.4 Å². The van der Waals surface area contributed by atoms with Crippen LogP contribution in [0, 0.1) is 0 Å². The van der Waals surface area contributed by atoms with E-state index in [-0.39, 0.29) is 30.6 Å². The predicted octanol–water partition coefficient (Wildman–Crippen LogP) is 5.15. The number of benzene rings is 2. The average Bonchev–Trinajstić information content (AvgIpc) is 2.73. The topological polar surface area (TPSA) is 103 Å². The number of anilines is 1. The minimum atomic E-state index is -4.80. The molecule has 2 aromatic rings. The number of carbonyl (C=O) groups is 2. The molecule has 2 aromatic carbocycles. The lowest BCUT2D eigenvalue weighted by atomic mass is 10.1. The van der Waals surface area contributed by atoms with E-state index < -0.39 is 24.5 Å². The second-order valence-corrected chi connectivity index (χ2v) is 7.37. The Kier molecular flexibility index (Phi) is 9.55. The number of hydrogen-bond donors (Lipinski definition) is 2. The van der Waals surface area contributed by atoms with Gasteiger partial charge in [-0.1, -0.05) is 18.2 Å². The molecule has 1 atom stereocenters. The van der Waals surface area contributed by atoms with E-state index in [0.717, 1.165) is 12.1 Å². The van der Waals surface area contributed by atoms with Crippen LogP contribution < -0.4 is 14.8 Å². The van der Waals surface area contributed by atoms with E-state index in [1.165, 1.54) is 12.1 Å². The van der Waals surface area contributed by atoms with Gasteiger partial charge in [-0.05, 0) is 56.2 Å². The normalized spacial score (nSPS) is 12.2. The molecule has 0 heterocycles. The molecule has 0 aliphatic heterocycles. The molecule has 0 fully saturated rings. The quantitative estimate of drug-likeness (QED) is 0.454. The van der Waals surface area contributed by atoms with Crippen molar-refractivity contribution in [1.82, 2.24) is 0 Å². The summed E-state index contributed by atoms with van der Waals surface area (Å²) in [6, 6.07) is 9.73. The maximum atomic E-state index is 12.3. The number of carbonyl (C=O) groups excluding carboxylic acids is 1. The molecule has 11 heteroatoms. The number of nitrogens with one attached hydrogen (secondary N) is 1. The number of aliphatic carboxylic acids is 1. The molecular formula is C23H26F3NO7. The zero-order valence-corrected chi connectivity index (χ0v) is 18.8. The molecule has 0 aliphatic carbocycles. The fourth-order valence-corrected chi connectivity index (χ4v) is 2.90. The number of rotatable bonds is 11. The Hall–Kier alpha value is -3.47. The molecule has 0 aliphatic rings. The van der Waals surface area contributed by atoms with Crippen molar-refractivity contribution >= 4 is 17.7 Å². The zero-order valence-electron chi connectivity index (χ0n) is 18.8. The first-order valence-electron chi connectivity index (χ1n) is 10.4. The van der Waals surface area contributed by atoms with E-state index >= 15 is 0 Å². The zero-order chi connectivity index (χ0) is 25.3. The molecule has 34 heavy (non-hydrogen) atoms. The number of amides is 1. The van der Waals surface area contributed by atoms with E-state index in [0.29, 0.717) is 23.5 Å². The van der Waals surface area contributed by atoms with Crippen LogP contribution in [-0.4, -0.2) is 42.3 Å². The Balaban J connectivity index is 2.05. The first-order chi connectivity index (χ1) is 16.0. The molecule has 1 unspecified atom stereocenters. The molecule has 0 bridgehead atoms. The summed E-state index contributed by atoms with van der Waals surface area (Å²) < 4.78 is 56.6.